The number of nitrogens with one attached hydrogen (secondary N) is 2. The van der Waals surface area contributed by atoms with Crippen LogP contribution in [0.2, 0.25) is 5.02 Å². The zero-order valence-electron chi connectivity index (χ0n) is 20.8. The lowest BCUT2D eigenvalue weighted by Crippen LogP contribution is -2.44. The third-order valence-corrected chi connectivity index (χ3v) is 9.11. The number of ether oxygens (including phenoxy) is 1. The zero-order chi connectivity index (χ0) is 25.1. The highest BCUT2D eigenvalue weighted by Crippen LogP contribution is 2.33. The highest BCUT2D eigenvalue weighted by atomic mass is 35.5. The van der Waals surface area contributed by atoms with Gasteiger partial charge in [0, 0.05) is 60.9 Å². The first-order valence-corrected chi connectivity index (χ1v) is 14.7. The largest absolute Gasteiger partial charge is 0.494 e. The minimum absolute atomic E-state index is 0.244. The van der Waals surface area contributed by atoms with Crippen LogP contribution in [0.4, 0.5) is 0 Å². The van der Waals surface area contributed by atoms with E-state index in [0.717, 1.165) is 74.3 Å². The second-order valence-electron chi connectivity index (χ2n) is 10.1. The lowest BCUT2D eigenvalue weighted by Gasteiger charge is -2.32. The lowest BCUT2D eigenvalue weighted by atomic mass is 9.86. The molecular formula is C27H35ClN4O3S. The molecule has 194 valence electrons. The summed E-state index contributed by atoms with van der Waals surface area (Å²) in [5.41, 5.74) is 3.59. The van der Waals surface area contributed by atoms with Crippen LogP contribution in [-0.2, 0) is 22.9 Å². The van der Waals surface area contributed by atoms with Crippen molar-refractivity contribution in [1.82, 2.24) is 19.5 Å². The molecule has 2 N–H and O–H groups in total. The number of fused-ring (bicyclic) bond motifs is 3. The van der Waals surface area contributed by atoms with E-state index < -0.39 is 10.0 Å². The quantitative estimate of drug-likeness (QED) is 0.410. The maximum atomic E-state index is 12.9. The van der Waals surface area contributed by atoms with Crippen LogP contribution in [0.5, 0.6) is 5.75 Å². The Hall–Kier alpha value is -2.10. The van der Waals surface area contributed by atoms with E-state index in [9.17, 15) is 8.42 Å². The first-order chi connectivity index (χ1) is 17.4. The van der Waals surface area contributed by atoms with Crippen molar-refractivity contribution in [3.05, 3.63) is 58.7 Å². The Morgan fingerprint density at radius 1 is 1.11 bits per heavy atom. The van der Waals surface area contributed by atoms with Crippen molar-refractivity contribution in [2.75, 3.05) is 52.9 Å². The molecule has 9 heteroatoms. The molecule has 2 aliphatic rings. The minimum atomic E-state index is -3.58. The van der Waals surface area contributed by atoms with Crippen molar-refractivity contribution in [3.63, 3.8) is 0 Å². The lowest BCUT2D eigenvalue weighted by molar-refractivity contribution is 0.145. The molecule has 5 rings (SSSR count). The number of aryl methyl sites for hydroxylation is 1. The summed E-state index contributed by atoms with van der Waals surface area (Å²) >= 11 is 6.21. The van der Waals surface area contributed by atoms with E-state index in [0.29, 0.717) is 18.9 Å². The van der Waals surface area contributed by atoms with Crippen molar-refractivity contribution in [2.45, 2.75) is 30.6 Å². The number of rotatable bonds is 9. The van der Waals surface area contributed by atoms with Crippen molar-refractivity contribution in [3.8, 4) is 5.75 Å². The maximum absolute atomic E-state index is 12.9. The number of sulfonamides is 1. The van der Waals surface area contributed by atoms with E-state index >= 15 is 0 Å². The van der Waals surface area contributed by atoms with Crippen molar-refractivity contribution in [1.29, 1.82) is 0 Å². The Balaban J connectivity index is 1.10. The molecule has 2 heterocycles. The summed E-state index contributed by atoms with van der Waals surface area (Å²) in [6, 6.07) is 12.6. The zero-order valence-corrected chi connectivity index (χ0v) is 22.4. The summed E-state index contributed by atoms with van der Waals surface area (Å²) in [4.78, 5) is 8.57. The van der Waals surface area contributed by atoms with E-state index in [2.05, 4.69) is 26.6 Å². The number of piperazine rings is 1. The number of benzene rings is 2. The van der Waals surface area contributed by atoms with Crippen LogP contribution in [0.1, 0.15) is 24.1 Å². The standard InChI is InChI=1S/C27H35ClN4O3S/c1-31-12-14-32(15-13-31)11-2-16-35-22-5-7-23(8-6-22)36(33,34)29-19-20-3-9-26-24(17-20)25-18-21(28)4-10-27(25)30-26/h4-8,10,18,20,29-30H,2-3,9,11-17,19H2,1H3. The first kappa shape index (κ1) is 25.5. The third-order valence-electron chi connectivity index (χ3n) is 7.43. The molecule has 1 saturated heterocycles. The Morgan fingerprint density at radius 3 is 2.67 bits per heavy atom. The molecule has 0 radical (unpaired) electrons. The molecule has 1 aromatic heterocycles. The van der Waals surface area contributed by atoms with Crippen LogP contribution in [0.3, 0.4) is 0 Å². The Labute approximate surface area is 218 Å². The predicted octanol–water partition coefficient (Wildman–Crippen LogP) is 3.92. The third kappa shape index (κ3) is 6.06. The van der Waals surface area contributed by atoms with Crippen molar-refractivity contribution >= 4 is 32.5 Å². The fraction of sp³-hybridized carbons (Fsp3) is 0.481. The molecule has 1 aliphatic carbocycles. The van der Waals surface area contributed by atoms with Crippen LogP contribution in [-0.4, -0.2) is 76.1 Å². The number of aromatic nitrogens is 1. The van der Waals surface area contributed by atoms with Gasteiger partial charge in [0.2, 0.25) is 10.0 Å². The number of hydrogen-bond acceptors (Lipinski definition) is 5. The van der Waals surface area contributed by atoms with Crippen LogP contribution >= 0.6 is 11.6 Å². The number of hydrogen-bond donors (Lipinski definition) is 2. The van der Waals surface area contributed by atoms with E-state index in [1.807, 2.05) is 18.2 Å². The van der Waals surface area contributed by atoms with Crippen molar-refractivity contribution in [2.24, 2.45) is 5.92 Å². The molecular weight excluding hydrogens is 496 g/mol. The normalized spacial score (nSPS) is 19.4. The van der Waals surface area contributed by atoms with Gasteiger partial charge >= 0.3 is 0 Å². The Kier molecular flexibility index (Phi) is 7.88. The van der Waals surface area contributed by atoms with Gasteiger partial charge in [0.25, 0.3) is 0 Å². The summed E-state index contributed by atoms with van der Waals surface area (Å²) < 4.78 is 34.5. The molecule has 1 atom stereocenters. The summed E-state index contributed by atoms with van der Waals surface area (Å²) in [5.74, 6) is 0.943. The summed E-state index contributed by atoms with van der Waals surface area (Å²) in [6.45, 7) is 6.51. The van der Waals surface area contributed by atoms with Gasteiger partial charge in [0.1, 0.15) is 5.75 Å². The molecule has 0 spiro atoms. The molecule has 1 fully saturated rings. The van der Waals surface area contributed by atoms with E-state index in [4.69, 9.17) is 16.3 Å². The fourth-order valence-electron chi connectivity index (χ4n) is 5.21. The Morgan fingerprint density at radius 2 is 1.89 bits per heavy atom. The molecule has 2 aromatic carbocycles. The van der Waals surface area contributed by atoms with E-state index in [-0.39, 0.29) is 10.8 Å². The van der Waals surface area contributed by atoms with Crippen molar-refractivity contribution < 1.29 is 13.2 Å². The average Bonchev–Trinajstić information content (AvgIpc) is 3.24. The molecule has 1 aliphatic heterocycles. The summed E-state index contributed by atoms with van der Waals surface area (Å²) in [6.07, 6.45) is 3.64. The summed E-state index contributed by atoms with van der Waals surface area (Å²) in [5, 5.41) is 1.86. The van der Waals surface area contributed by atoms with Gasteiger partial charge in [-0.3, -0.25) is 0 Å². The van der Waals surface area contributed by atoms with Gasteiger partial charge in [-0.2, -0.15) is 0 Å². The van der Waals surface area contributed by atoms with Crippen LogP contribution in [0, 0.1) is 5.92 Å². The van der Waals surface area contributed by atoms with Crippen LogP contribution in [0.15, 0.2) is 47.4 Å². The van der Waals surface area contributed by atoms with Gasteiger partial charge in [-0.25, -0.2) is 13.1 Å². The number of halogens is 1. The van der Waals surface area contributed by atoms with Gasteiger partial charge in [-0.1, -0.05) is 11.6 Å². The number of aromatic amines is 1. The molecule has 1 unspecified atom stereocenters. The highest BCUT2D eigenvalue weighted by molar-refractivity contribution is 7.89. The fourth-order valence-corrected chi connectivity index (χ4v) is 6.50. The van der Waals surface area contributed by atoms with Gasteiger partial charge in [0.05, 0.1) is 11.5 Å². The molecule has 0 saturated carbocycles. The molecule has 0 amide bonds. The maximum Gasteiger partial charge on any atom is 0.240 e. The van der Waals surface area contributed by atoms with Crippen LogP contribution in [0.25, 0.3) is 10.9 Å². The SMILES string of the molecule is CN1CCN(CCCOc2ccc(S(=O)(=O)NCC3CCc4[nH]c5ccc(Cl)cc5c4C3)cc2)CC1. The van der Waals surface area contributed by atoms with E-state index in [1.165, 1.54) is 11.3 Å². The molecule has 7 nitrogen and oxygen atoms in total. The monoisotopic (exact) mass is 530 g/mol. The second-order valence-corrected chi connectivity index (χ2v) is 12.3. The predicted molar refractivity (Wildman–Crippen MR) is 145 cm³/mol. The van der Waals surface area contributed by atoms with Crippen LogP contribution < -0.4 is 9.46 Å². The van der Waals surface area contributed by atoms with Gasteiger partial charge in [-0.15, -0.1) is 0 Å². The topological polar surface area (TPSA) is 77.7 Å². The smallest absolute Gasteiger partial charge is 0.240 e. The van der Waals surface area contributed by atoms with Gasteiger partial charge in [0.15, 0.2) is 0 Å². The van der Waals surface area contributed by atoms with E-state index in [1.54, 1.807) is 24.3 Å². The highest BCUT2D eigenvalue weighted by Gasteiger charge is 2.24. The molecule has 36 heavy (non-hydrogen) atoms. The number of likely N-dealkylation sites (N-methyl/N-ethyl adjacent to an activating group) is 1. The Bertz CT molecular complexity index is 1280. The summed E-state index contributed by atoms with van der Waals surface area (Å²) in [7, 11) is -1.42. The average molecular weight is 531 g/mol. The molecule has 0 bridgehead atoms. The number of nitrogens with zero attached hydrogens (tertiary/aromatic N) is 2. The minimum Gasteiger partial charge on any atom is -0.494 e. The van der Waals surface area contributed by atoms with Gasteiger partial charge in [-0.05, 0) is 86.7 Å². The van der Waals surface area contributed by atoms with Gasteiger partial charge < -0.3 is 19.5 Å². The number of H-pyrrole nitrogens is 1. The molecule has 3 aromatic rings. The second kappa shape index (κ2) is 11.1. The first-order valence-electron chi connectivity index (χ1n) is 12.8.